The molecule has 2 rings (SSSR count). The maximum absolute atomic E-state index is 5.81. The van der Waals surface area contributed by atoms with E-state index in [9.17, 15) is 0 Å². The molecule has 92 valence electrons. The average molecular weight is 253 g/mol. The van der Waals surface area contributed by atoms with Crippen LogP contribution in [0.3, 0.4) is 0 Å². The fourth-order valence-corrected chi connectivity index (χ4v) is 1.91. The molecule has 2 aromatic rings. The van der Waals surface area contributed by atoms with E-state index in [0.29, 0.717) is 11.9 Å². The first-order chi connectivity index (χ1) is 8.24. The molecule has 0 saturated heterocycles. The van der Waals surface area contributed by atoms with Crippen LogP contribution in [-0.4, -0.2) is 19.3 Å². The Morgan fingerprint density at radius 1 is 1.41 bits per heavy atom. The van der Waals surface area contributed by atoms with Crippen LogP contribution < -0.4 is 0 Å². The van der Waals surface area contributed by atoms with Crippen LogP contribution in [0.5, 0.6) is 0 Å². The van der Waals surface area contributed by atoms with Crippen molar-refractivity contribution in [2.24, 2.45) is 0 Å². The lowest BCUT2D eigenvalue weighted by Gasteiger charge is -2.08. The summed E-state index contributed by atoms with van der Waals surface area (Å²) >= 11 is 5.81. The van der Waals surface area contributed by atoms with Gasteiger partial charge in [0.2, 0.25) is 0 Å². The van der Waals surface area contributed by atoms with Gasteiger partial charge in [0.1, 0.15) is 5.82 Å². The SMILES string of the molecule is CCC(C)n1ccc(Cn2ccnc2CCl)n1. The predicted molar refractivity (Wildman–Crippen MR) is 68.1 cm³/mol. The standard InChI is InChI=1S/C12H17ClN4/c1-3-10(2)17-6-4-11(15-17)9-16-7-5-14-12(16)8-13/h4-7,10H,3,8-9H2,1-2H3. The summed E-state index contributed by atoms with van der Waals surface area (Å²) in [5, 5.41) is 4.56. The Balaban J connectivity index is 2.11. The molecule has 0 aliphatic carbocycles. The molecule has 4 nitrogen and oxygen atoms in total. The minimum atomic E-state index is 0.430. The van der Waals surface area contributed by atoms with Crippen molar-refractivity contribution in [2.75, 3.05) is 0 Å². The van der Waals surface area contributed by atoms with Gasteiger partial charge in [-0.3, -0.25) is 4.68 Å². The van der Waals surface area contributed by atoms with Crippen molar-refractivity contribution >= 4 is 11.6 Å². The number of hydrogen-bond acceptors (Lipinski definition) is 2. The fraction of sp³-hybridized carbons (Fsp3) is 0.500. The lowest BCUT2D eigenvalue weighted by Crippen LogP contribution is -2.07. The molecule has 0 bridgehead atoms. The highest BCUT2D eigenvalue weighted by Gasteiger charge is 2.07. The first kappa shape index (κ1) is 12.2. The van der Waals surface area contributed by atoms with E-state index >= 15 is 0 Å². The third-order valence-corrected chi connectivity index (χ3v) is 3.20. The first-order valence-corrected chi connectivity index (χ1v) is 6.38. The van der Waals surface area contributed by atoms with Gasteiger partial charge in [-0.25, -0.2) is 4.98 Å². The van der Waals surface area contributed by atoms with E-state index in [0.717, 1.165) is 24.5 Å². The Hall–Kier alpha value is -1.29. The molecule has 2 heterocycles. The van der Waals surface area contributed by atoms with Gasteiger partial charge < -0.3 is 4.57 Å². The number of alkyl halides is 1. The molecule has 0 fully saturated rings. The van der Waals surface area contributed by atoms with E-state index in [-0.39, 0.29) is 0 Å². The second kappa shape index (κ2) is 5.36. The van der Waals surface area contributed by atoms with Gasteiger partial charge in [-0.05, 0) is 19.4 Å². The van der Waals surface area contributed by atoms with Crippen LogP contribution in [0.15, 0.2) is 24.7 Å². The Kier molecular flexibility index (Phi) is 3.84. The highest BCUT2D eigenvalue weighted by Crippen LogP contribution is 2.11. The van der Waals surface area contributed by atoms with Crippen LogP contribution in [0.25, 0.3) is 0 Å². The smallest absolute Gasteiger partial charge is 0.123 e. The lowest BCUT2D eigenvalue weighted by atomic mass is 10.3. The minimum absolute atomic E-state index is 0.430. The van der Waals surface area contributed by atoms with Crippen molar-refractivity contribution in [3.8, 4) is 0 Å². The van der Waals surface area contributed by atoms with E-state index in [2.05, 4.69) is 23.9 Å². The summed E-state index contributed by atoms with van der Waals surface area (Å²) < 4.78 is 4.03. The fourth-order valence-electron chi connectivity index (χ4n) is 1.68. The van der Waals surface area contributed by atoms with Gasteiger partial charge in [-0.15, -0.1) is 11.6 Å². The molecule has 0 saturated carbocycles. The van der Waals surface area contributed by atoms with Gasteiger partial charge in [0.15, 0.2) is 0 Å². The molecule has 5 heteroatoms. The quantitative estimate of drug-likeness (QED) is 0.767. The minimum Gasteiger partial charge on any atom is -0.328 e. The number of imidazole rings is 1. The maximum atomic E-state index is 5.81. The number of hydrogen-bond donors (Lipinski definition) is 0. The Morgan fingerprint density at radius 3 is 2.94 bits per heavy atom. The van der Waals surface area contributed by atoms with Crippen LogP contribution in [0, 0.1) is 0 Å². The topological polar surface area (TPSA) is 35.6 Å². The van der Waals surface area contributed by atoms with Crippen LogP contribution in [-0.2, 0) is 12.4 Å². The molecule has 17 heavy (non-hydrogen) atoms. The first-order valence-electron chi connectivity index (χ1n) is 5.84. The normalized spacial score (nSPS) is 12.9. The zero-order valence-corrected chi connectivity index (χ0v) is 10.9. The third kappa shape index (κ3) is 2.69. The summed E-state index contributed by atoms with van der Waals surface area (Å²) in [6.45, 7) is 5.05. The van der Waals surface area contributed by atoms with Gasteiger partial charge in [0.05, 0.1) is 18.1 Å². The van der Waals surface area contributed by atoms with Crippen molar-refractivity contribution in [1.29, 1.82) is 0 Å². The van der Waals surface area contributed by atoms with Crippen LogP contribution >= 0.6 is 11.6 Å². The molecule has 2 aromatic heterocycles. The van der Waals surface area contributed by atoms with Crippen LogP contribution in [0.4, 0.5) is 0 Å². The number of halogens is 1. The Labute approximate surface area is 106 Å². The third-order valence-electron chi connectivity index (χ3n) is 2.96. The van der Waals surface area contributed by atoms with Gasteiger partial charge in [0.25, 0.3) is 0 Å². The molecule has 0 aliphatic heterocycles. The number of rotatable bonds is 5. The van der Waals surface area contributed by atoms with E-state index in [1.165, 1.54) is 0 Å². The van der Waals surface area contributed by atoms with Crippen molar-refractivity contribution in [1.82, 2.24) is 19.3 Å². The van der Waals surface area contributed by atoms with Crippen molar-refractivity contribution in [3.05, 3.63) is 36.2 Å². The van der Waals surface area contributed by atoms with E-state index in [1.54, 1.807) is 6.20 Å². The Morgan fingerprint density at radius 2 is 2.24 bits per heavy atom. The molecule has 0 aliphatic rings. The molecule has 0 amide bonds. The largest absolute Gasteiger partial charge is 0.328 e. The summed E-state index contributed by atoms with van der Waals surface area (Å²) in [6.07, 6.45) is 6.81. The Bertz CT molecular complexity index is 474. The summed E-state index contributed by atoms with van der Waals surface area (Å²) in [6, 6.07) is 2.49. The molecule has 0 aromatic carbocycles. The van der Waals surface area contributed by atoms with E-state index < -0.39 is 0 Å². The van der Waals surface area contributed by atoms with E-state index in [1.807, 2.05) is 27.7 Å². The molecular weight excluding hydrogens is 236 g/mol. The maximum Gasteiger partial charge on any atom is 0.123 e. The van der Waals surface area contributed by atoms with Gasteiger partial charge in [-0.1, -0.05) is 6.92 Å². The van der Waals surface area contributed by atoms with Crippen LogP contribution in [0.2, 0.25) is 0 Å². The molecule has 0 spiro atoms. The zero-order chi connectivity index (χ0) is 12.3. The molecule has 1 unspecified atom stereocenters. The molecule has 0 radical (unpaired) electrons. The molecule has 0 N–H and O–H groups in total. The summed E-state index contributed by atoms with van der Waals surface area (Å²) in [5.41, 5.74) is 1.04. The van der Waals surface area contributed by atoms with Crippen molar-refractivity contribution < 1.29 is 0 Å². The van der Waals surface area contributed by atoms with Crippen molar-refractivity contribution in [2.45, 2.75) is 38.7 Å². The highest BCUT2D eigenvalue weighted by atomic mass is 35.5. The molecule has 1 atom stereocenters. The number of aromatic nitrogens is 4. The zero-order valence-electron chi connectivity index (χ0n) is 10.2. The predicted octanol–water partition coefficient (Wildman–Crippen LogP) is 2.84. The van der Waals surface area contributed by atoms with E-state index in [4.69, 9.17) is 11.6 Å². The van der Waals surface area contributed by atoms with Gasteiger partial charge >= 0.3 is 0 Å². The average Bonchev–Trinajstić information content (AvgIpc) is 2.97. The van der Waals surface area contributed by atoms with Gasteiger partial charge in [0, 0.05) is 24.6 Å². The van der Waals surface area contributed by atoms with Crippen molar-refractivity contribution in [3.63, 3.8) is 0 Å². The molecular formula is C12H17ClN4. The van der Waals surface area contributed by atoms with Gasteiger partial charge in [-0.2, -0.15) is 5.10 Å². The highest BCUT2D eigenvalue weighted by molar-refractivity contribution is 6.16. The second-order valence-corrected chi connectivity index (χ2v) is 4.42. The number of nitrogens with zero attached hydrogens (tertiary/aromatic N) is 4. The monoisotopic (exact) mass is 252 g/mol. The second-order valence-electron chi connectivity index (χ2n) is 4.15. The summed E-state index contributed by atoms with van der Waals surface area (Å²) in [7, 11) is 0. The summed E-state index contributed by atoms with van der Waals surface area (Å²) in [4.78, 5) is 4.19. The lowest BCUT2D eigenvalue weighted by molar-refractivity contribution is 0.472. The van der Waals surface area contributed by atoms with Crippen LogP contribution in [0.1, 0.15) is 37.8 Å². The summed E-state index contributed by atoms with van der Waals surface area (Å²) in [5.74, 6) is 1.31.